The average molecular weight is 225 g/mol. The van der Waals surface area contributed by atoms with E-state index in [1.54, 1.807) is 0 Å². The molecule has 0 amide bonds. The van der Waals surface area contributed by atoms with Gasteiger partial charge in [-0.25, -0.2) is 0 Å². The lowest BCUT2D eigenvalue weighted by Gasteiger charge is -1.99. The summed E-state index contributed by atoms with van der Waals surface area (Å²) in [5.41, 5.74) is 0. The minimum Gasteiger partial charge on any atom is -0.312 e. The molecule has 0 saturated heterocycles. The Bertz CT molecular complexity index is 360. The van der Waals surface area contributed by atoms with Crippen LogP contribution in [0.15, 0.2) is 17.5 Å². The van der Waals surface area contributed by atoms with Crippen LogP contribution in [0, 0.1) is 0 Å². The molecule has 14 heavy (non-hydrogen) atoms. The van der Waals surface area contributed by atoms with Crippen molar-refractivity contribution in [1.29, 1.82) is 0 Å². The fraction of sp³-hybridized carbons (Fsp3) is 0.455. The van der Waals surface area contributed by atoms with E-state index in [2.05, 4.69) is 29.8 Å². The zero-order valence-corrected chi connectivity index (χ0v) is 10.0. The minimum atomic E-state index is 1.03. The fourth-order valence-corrected chi connectivity index (χ4v) is 3.52. The Labute approximate surface area is 92.8 Å². The van der Waals surface area contributed by atoms with Crippen molar-refractivity contribution < 1.29 is 0 Å². The van der Waals surface area contributed by atoms with E-state index >= 15 is 0 Å². The highest BCUT2D eigenvalue weighted by Crippen LogP contribution is 2.29. The number of hydrogen-bond acceptors (Lipinski definition) is 3. The van der Waals surface area contributed by atoms with E-state index in [9.17, 15) is 0 Å². The third-order valence-electron chi connectivity index (χ3n) is 2.20. The SMILES string of the molecule is CCCCNCc1cc2sccc2s1. The van der Waals surface area contributed by atoms with Crippen LogP contribution in [0.25, 0.3) is 9.40 Å². The van der Waals surface area contributed by atoms with Gasteiger partial charge in [0.15, 0.2) is 0 Å². The van der Waals surface area contributed by atoms with Crippen LogP contribution in [0.4, 0.5) is 0 Å². The molecule has 76 valence electrons. The van der Waals surface area contributed by atoms with Gasteiger partial charge in [-0.3, -0.25) is 0 Å². The van der Waals surface area contributed by atoms with Crippen molar-refractivity contribution in [2.24, 2.45) is 0 Å². The first-order valence-corrected chi connectivity index (χ1v) is 6.76. The Hall–Kier alpha value is -0.380. The normalized spacial score (nSPS) is 11.2. The van der Waals surface area contributed by atoms with Gasteiger partial charge in [0.1, 0.15) is 0 Å². The number of hydrogen-bond donors (Lipinski definition) is 1. The zero-order chi connectivity index (χ0) is 9.80. The fourth-order valence-electron chi connectivity index (χ4n) is 1.42. The lowest BCUT2D eigenvalue weighted by atomic mass is 10.3. The van der Waals surface area contributed by atoms with Gasteiger partial charge in [-0.2, -0.15) is 0 Å². The molecule has 3 heteroatoms. The molecule has 0 spiro atoms. The largest absolute Gasteiger partial charge is 0.312 e. The number of fused-ring (bicyclic) bond motifs is 1. The smallest absolute Gasteiger partial charge is 0.0453 e. The first-order chi connectivity index (χ1) is 6.90. The molecule has 0 unspecified atom stereocenters. The second-order valence-electron chi connectivity index (χ2n) is 3.39. The Morgan fingerprint density at radius 2 is 2.29 bits per heavy atom. The average Bonchev–Trinajstić information content (AvgIpc) is 2.72. The summed E-state index contributed by atoms with van der Waals surface area (Å²) in [6.45, 7) is 4.40. The lowest BCUT2D eigenvalue weighted by molar-refractivity contribution is 0.646. The van der Waals surface area contributed by atoms with Gasteiger partial charge in [0.05, 0.1) is 0 Å². The van der Waals surface area contributed by atoms with Crippen LogP contribution < -0.4 is 5.32 Å². The van der Waals surface area contributed by atoms with Crippen molar-refractivity contribution in [3.8, 4) is 0 Å². The van der Waals surface area contributed by atoms with E-state index in [1.807, 2.05) is 22.7 Å². The van der Waals surface area contributed by atoms with Crippen molar-refractivity contribution in [2.45, 2.75) is 26.3 Å². The molecule has 0 aliphatic carbocycles. The first-order valence-electron chi connectivity index (χ1n) is 5.07. The van der Waals surface area contributed by atoms with Gasteiger partial charge in [-0.15, -0.1) is 22.7 Å². The van der Waals surface area contributed by atoms with Crippen LogP contribution in [0.1, 0.15) is 24.6 Å². The molecule has 0 radical (unpaired) electrons. The van der Waals surface area contributed by atoms with Crippen molar-refractivity contribution in [1.82, 2.24) is 5.32 Å². The van der Waals surface area contributed by atoms with Crippen molar-refractivity contribution in [3.05, 3.63) is 22.4 Å². The van der Waals surface area contributed by atoms with Gasteiger partial charge < -0.3 is 5.32 Å². The zero-order valence-electron chi connectivity index (χ0n) is 8.38. The van der Waals surface area contributed by atoms with E-state index in [1.165, 1.54) is 27.1 Å². The van der Waals surface area contributed by atoms with Crippen LogP contribution in [-0.4, -0.2) is 6.54 Å². The number of unbranched alkanes of at least 4 members (excludes halogenated alkanes) is 1. The molecule has 2 heterocycles. The van der Waals surface area contributed by atoms with E-state index in [-0.39, 0.29) is 0 Å². The van der Waals surface area contributed by atoms with Crippen LogP contribution in [0.3, 0.4) is 0 Å². The Kier molecular flexibility index (Phi) is 3.56. The first kappa shape index (κ1) is 10.1. The molecule has 2 aromatic heterocycles. The highest BCUT2D eigenvalue weighted by atomic mass is 32.1. The summed E-state index contributed by atoms with van der Waals surface area (Å²) in [5.74, 6) is 0. The summed E-state index contributed by atoms with van der Waals surface area (Å²) in [6, 6.07) is 4.52. The minimum absolute atomic E-state index is 1.03. The van der Waals surface area contributed by atoms with Gasteiger partial charge >= 0.3 is 0 Å². The molecule has 0 bridgehead atoms. The monoisotopic (exact) mass is 225 g/mol. The summed E-state index contributed by atoms with van der Waals surface area (Å²) in [7, 11) is 0. The van der Waals surface area contributed by atoms with Gasteiger partial charge in [0, 0.05) is 20.8 Å². The van der Waals surface area contributed by atoms with E-state index in [0.717, 1.165) is 13.1 Å². The maximum absolute atomic E-state index is 3.47. The maximum atomic E-state index is 3.47. The summed E-state index contributed by atoms with van der Waals surface area (Å²) in [5, 5.41) is 5.63. The summed E-state index contributed by atoms with van der Waals surface area (Å²) in [6.07, 6.45) is 2.55. The second kappa shape index (κ2) is 4.91. The molecular formula is C11H15NS2. The number of thiophene rings is 2. The topological polar surface area (TPSA) is 12.0 Å². The predicted molar refractivity (Wildman–Crippen MR) is 66.3 cm³/mol. The highest BCUT2D eigenvalue weighted by Gasteiger charge is 2.01. The van der Waals surface area contributed by atoms with Crippen molar-refractivity contribution in [3.63, 3.8) is 0 Å². The Balaban J connectivity index is 1.89. The molecule has 2 aromatic rings. The van der Waals surface area contributed by atoms with Crippen molar-refractivity contribution >= 4 is 32.1 Å². The van der Waals surface area contributed by atoms with Crippen LogP contribution in [-0.2, 0) is 6.54 Å². The molecule has 1 N–H and O–H groups in total. The second-order valence-corrected chi connectivity index (χ2v) is 5.51. The Morgan fingerprint density at radius 3 is 3.07 bits per heavy atom. The summed E-state index contributed by atoms with van der Waals surface area (Å²) >= 11 is 3.74. The maximum Gasteiger partial charge on any atom is 0.0453 e. The number of rotatable bonds is 5. The van der Waals surface area contributed by atoms with Gasteiger partial charge in [-0.05, 0) is 30.5 Å². The molecule has 1 nitrogen and oxygen atoms in total. The van der Waals surface area contributed by atoms with Crippen LogP contribution >= 0.6 is 22.7 Å². The van der Waals surface area contributed by atoms with E-state index in [4.69, 9.17) is 0 Å². The third kappa shape index (κ3) is 2.35. The molecule has 0 saturated carbocycles. The van der Waals surface area contributed by atoms with Crippen molar-refractivity contribution in [2.75, 3.05) is 6.54 Å². The Morgan fingerprint density at radius 1 is 1.36 bits per heavy atom. The molecule has 0 atom stereocenters. The van der Waals surface area contributed by atoms with E-state index in [0.29, 0.717) is 0 Å². The molecule has 0 aromatic carbocycles. The highest BCUT2D eigenvalue weighted by molar-refractivity contribution is 7.26. The van der Waals surface area contributed by atoms with E-state index < -0.39 is 0 Å². The number of nitrogens with one attached hydrogen (secondary N) is 1. The quantitative estimate of drug-likeness (QED) is 0.762. The van der Waals surface area contributed by atoms with Gasteiger partial charge in [-0.1, -0.05) is 13.3 Å². The van der Waals surface area contributed by atoms with Crippen LogP contribution in [0.5, 0.6) is 0 Å². The molecule has 0 fully saturated rings. The summed E-state index contributed by atoms with van der Waals surface area (Å²) in [4.78, 5) is 1.46. The van der Waals surface area contributed by atoms with Gasteiger partial charge in [0.25, 0.3) is 0 Å². The third-order valence-corrected chi connectivity index (χ3v) is 4.29. The predicted octanol–water partition coefficient (Wildman–Crippen LogP) is 3.85. The van der Waals surface area contributed by atoms with Crippen LogP contribution in [0.2, 0.25) is 0 Å². The van der Waals surface area contributed by atoms with Gasteiger partial charge in [0.2, 0.25) is 0 Å². The molecule has 0 aliphatic heterocycles. The molecule has 2 rings (SSSR count). The lowest BCUT2D eigenvalue weighted by Crippen LogP contribution is -2.13. The summed E-state index contributed by atoms with van der Waals surface area (Å²) < 4.78 is 2.87. The molecule has 0 aliphatic rings. The standard InChI is InChI=1S/C11H15NS2/c1-2-3-5-12-8-9-7-11-10(14-9)4-6-13-11/h4,6-7,12H,2-3,5,8H2,1H3. The molecular weight excluding hydrogens is 210 g/mol.